The Bertz CT molecular complexity index is 349. The van der Waals surface area contributed by atoms with Crippen LogP contribution in [0, 0.1) is 0 Å². The summed E-state index contributed by atoms with van der Waals surface area (Å²) in [7, 11) is 0. The topological polar surface area (TPSA) is 43.8 Å². The molecule has 0 unspecified atom stereocenters. The van der Waals surface area contributed by atoms with Crippen LogP contribution in [0.4, 0.5) is 5.82 Å². The maximum atomic E-state index is 6.10. The summed E-state index contributed by atoms with van der Waals surface area (Å²) in [6.45, 7) is 6.40. The second-order valence-electron chi connectivity index (χ2n) is 4.70. The van der Waals surface area contributed by atoms with E-state index in [4.69, 9.17) is 5.73 Å². The number of rotatable bonds is 0. The fraction of sp³-hybridized carbons (Fsp3) is 0.700. The van der Waals surface area contributed by atoms with Crippen molar-refractivity contribution in [3.63, 3.8) is 0 Å². The van der Waals surface area contributed by atoms with Gasteiger partial charge >= 0.3 is 0 Å². The van der Waals surface area contributed by atoms with Gasteiger partial charge in [0.25, 0.3) is 0 Å². The highest BCUT2D eigenvalue weighted by Crippen LogP contribution is 2.31. The van der Waals surface area contributed by atoms with E-state index in [-0.39, 0.29) is 5.54 Å². The van der Waals surface area contributed by atoms with Crippen LogP contribution in [0.15, 0.2) is 0 Å². The third kappa shape index (κ3) is 1.52. The molecule has 0 fully saturated rings. The van der Waals surface area contributed by atoms with Crippen molar-refractivity contribution in [2.75, 3.05) is 11.5 Å². The molecule has 0 radical (unpaired) electrons. The zero-order valence-electron chi connectivity index (χ0n) is 9.00. The van der Waals surface area contributed by atoms with E-state index < -0.39 is 0 Å². The number of fused-ring (bicyclic) bond motifs is 1. The normalized spacial score (nSPS) is 16.8. The highest BCUT2D eigenvalue weighted by atomic mass is 32.2. The lowest BCUT2D eigenvalue weighted by molar-refractivity contribution is 0.359. The van der Waals surface area contributed by atoms with Gasteiger partial charge < -0.3 is 5.73 Å². The zero-order chi connectivity index (χ0) is 10.3. The van der Waals surface area contributed by atoms with Crippen LogP contribution >= 0.6 is 11.8 Å². The van der Waals surface area contributed by atoms with Gasteiger partial charge in [0, 0.05) is 17.7 Å². The van der Waals surface area contributed by atoms with E-state index in [0.717, 1.165) is 18.0 Å². The number of nitrogen functional groups attached to an aromatic ring is 1. The fourth-order valence-corrected chi connectivity index (χ4v) is 2.72. The van der Waals surface area contributed by atoms with Crippen molar-refractivity contribution in [3.05, 3.63) is 11.3 Å². The Labute approximate surface area is 89.1 Å². The average molecular weight is 211 g/mol. The maximum absolute atomic E-state index is 6.10. The van der Waals surface area contributed by atoms with Crippen LogP contribution in [0.25, 0.3) is 0 Å². The van der Waals surface area contributed by atoms with Crippen molar-refractivity contribution in [2.24, 2.45) is 0 Å². The van der Waals surface area contributed by atoms with Gasteiger partial charge in [0.1, 0.15) is 5.82 Å². The molecule has 1 aromatic heterocycles. The predicted molar refractivity (Wildman–Crippen MR) is 61.5 cm³/mol. The summed E-state index contributed by atoms with van der Waals surface area (Å²) in [4.78, 5) is 0. The molecule has 1 aliphatic heterocycles. The predicted octanol–water partition coefficient (Wildman–Crippen LogP) is 2.01. The standard InChI is InChI=1S/C10H17N3S/c1-10(2,3)13-9(11)7-6-14-5-4-8(7)12-13/h4-6,11H2,1-3H3. The van der Waals surface area contributed by atoms with Crippen molar-refractivity contribution in [1.82, 2.24) is 9.78 Å². The number of aromatic nitrogens is 2. The fourth-order valence-electron chi connectivity index (χ4n) is 1.72. The van der Waals surface area contributed by atoms with Gasteiger partial charge in [-0.15, -0.1) is 0 Å². The lowest BCUT2D eigenvalue weighted by atomic mass is 10.1. The van der Waals surface area contributed by atoms with Gasteiger partial charge in [0.05, 0.1) is 11.2 Å². The first-order chi connectivity index (χ1) is 6.50. The minimum Gasteiger partial charge on any atom is -0.384 e. The molecular formula is C10H17N3S. The first-order valence-electron chi connectivity index (χ1n) is 4.94. The Hall–Kier alpha value is -0.640. The summed E-state index contributed by atoms with van der Waals surface area (Å²) >= 11 is 1.94. The van der Waals surface area contributed by atoms with Crippen LogP contribution in [0.1, 0.15) is 32.0 Å². The Morgan fingerprint density at radius 3 is 2.71 bits per heavy atom. The molecule has 78 valence electrons. The third-order valence-electron chi connectivity index (χ3n) is 2.47. The zero-order valence-corrected chi connectivity index (χ0v) is 9.82. The Morgan fingerprint density at radius 2 is 2.14 bits per heavy atom. The molecule has 0 bridgehead atoms. The van der Waals surface area contributed by atoms with Crippen molar-refractivity contribution >= 4 is 17.6 Å². The van der Waals surface area contributed by atoms with Gasteiger partial charge in [-0.25, -0.2) is 4.68 Å². The van der Waals surface area contributed by atoms with E-state index in [1.54, 1.807) is 0 Å². The van der Waals surface area contributed by atoms with E-state index in [1.807, 2.05) is 16.4 Å². The van der Waals surface area contributed by atoms with Gasteiger partial charge in [-0.2, -0.15) is 16.9 Å². The van der Waals surface area contributed by atoms with Crippen molar-refractivity contribution in [1.29, 1.82) is 0 Å². The molecular weight excluding hydrogens is 194 g/mol. The Morgan fingerprint density at radius 1 is 1.43 bits per heavy atom. The van der Waals surface area contributed by atoms with Crippen LogP contribution in [0.2, 0.25) is 0 Å². The molecule has 0 aliphatic carbocycles. The summed E-state index contributed by atoms with van der Waals surface area (Å²) < 4.78 is 1.96. The second-order valence-corrected chi connectivity index (χ2v) is 5.80. The molecule has 0 amide bonds. The van der Waals surface area contributed by atoms with Crippen molar-refractivity contribution in [2.45, 2.75) is 38.5 Å². The number of hydrogen-bond acceptors (Lipinski definition) is 3. The smallest absolute Gasteiger partial charge is 0.126 e. The molecule has 1 aliphatic rings. The van der Waals surface area contributed by atoms with Crippen molar-refractivity contribution in [3.8, 4) is 0 Å². The maximum Gasteiger partial charge on any atom is 0.126 e. The lowest BCUT2D eigenvalue weighted by Gasteiger charge is -2.20. The van der Waals surface area contributed by atoms with Crippen LogP contribution in [-0.4, -0.2) is 15.5 Å². The SMILES string of the molecule is CC(C)(C)n1nc2c(c1N)CSCC2. The van der Waals surface area contributed by atoms with Gasteiger partial charge in [-0.1, -0.05) is 0 Å². The molecule has 14 heavy (non-hydrogen) atoms. The minimum atomic E-state index is -0.00785. The summed E-state index contributed by atoms with van der Waals surface area (Å²) in [5.74, 6) is 3.06. The molecule has 0 saturated heterocycles. The number of nitrogens with two attached hydrogens (primary N) is 1. The van der Waals surface area contributed by atoms with Crippen LogP contribution in [0.5, 0.6) is 0 Å². The molecule has 0 aromatic carbocycles. The molecule has 2 N–H and O–H groups in total. The van der Waals surface area contributed by atoms with E-state index >= 15 is 0 Å². The number of thioether (sulfide) groups is 1. The van der Waals surface area contributed by atoms with E-state index in [0.29, 0.717) is 0 Å². The van der Waals surface area contributed by atoms with E-state index in [2.05, 4.69) is 25.9 Å². The van der Waals surface area contributed by atoms with Crippen LogP contribution < -0.4 is 5.73 Å². The molecule has 2 heterocycles. The molecule has 3 nitrogen and oxygen atoms in total. The lowest BCUT2D eigenvalue weighted by Crippen LogP contribution is -2.25. The van der Waals surface area contributed by atoms with E-state index in [1.165, 1.54) is 17.0 Å². The van der Waals surface area contributed by atoms with E-state index in [9.17, 15) is 0 Å². The summed E-state index contributed by atoms with van der Waals surface area (Å²) in [6, 6.07) is 0. The first kappa shape index (κ1) is 9.90. The first-order valence-corrected chi connectivity index (χ1v) is 6.10. The van der Waals surface area contributed by atoms with Gasteiger partial charge in [0.15, 0.2) is 0 Å². The average Bonchev–Trinajstić information content (AvgIpc) is 2.44. The number of hydrogen-bond donors (Lipinski definition) is 1. The monoisotopic (exact) mass is 211 g/mol. The highest BCUT2D eigenvalue weighted by Gasteiger charge is 2.24. The van der Waals surface area contributed by atoms with Gasteiger partial charge in [-0.05, 0) is 26.5 Å². The molecule has 2 rings (SSSR count). The largest absolute Gasteiger partial charge is 0.384 e. The molecule has 0 spiro atoms. The second kappa shape index (κ2) is 3.19. The molecule has 1 aromatic rings. The molecule has 0 atom stereocenters. The summed E-state index contributed by atoms with van der Waals surface area (Å²) in [6.07, 6.45) is 1.06. The number of aryl methyl sites for hydroxylation is 1. The molecule has 4 heteroatoms. The minimum absolute atomic E-state index is 0.00785. The summed E-state index contributed by atoms with van der Waals surface area (Å²) in [5, 5.41) is 4.60. The Kier molecular flexibility index (Phi) is 2.26. The van der Waals surface area contributed by atoms with Crippen LogP contribution in [0.3, 0.4) is 0 Å². The van der Waals surface area contributed by atoms with Crippen LogP contribution in [-0.2, 0) is 17.7 Å². The quantitative estimate of drug-likeness (QED) is 0.714. The van der Waals surface area contributed by atoms with Gasteiger partial charge in [0.2, 0.25) is 0 Å². The molecule has 0 saturated carbocycles. The number of nitrogens with zero attached hydrogens (tertiary/aromatic N) is 2. The third-order valence-corrected chi connectivity index (χ3v) is 3.46. The van der Waals surface area contributed by atoms with Gasteiger partial charge in [-0.3, -0.25) is 0 Å². The summed E-state index contributed by atoms with van der Waals surface area (Å²) in [5.41, 5.74) is 8.55. The van der Waals surface area contributed by atoms with Crippen molar-refractivity contribution < 1.29 is 0 Å². The highest BCUT2D eigenvalue weighted by molar-refractivity contribution is 7.98. The number of anilines is 1. The Balaban J connectivity index is 2.49.